The fourth-order valence-corrected chi connectivity index (χ4v) is 2.69. The number of carbonyl (C=O) groups is 2. The monoisotopic (exact) mass is 256 g/mol. The SMILES string of the molecule is CCCC[C@H](N)C(=O)N1CCCC1(CC)C(=O)O. The fraction of sp³-hybridized carbons (Fsp3) is 0.846. The Morgan fingerprint density at radius 2 is 2.11 bits per heavy atom. The van der Waals surface area contributed by atoms with E-state index in [-0.39, 0.29) is 5.91 Å². The average molecular weight is 256 g/mol. The summed E-state index contributed by atoms with van der Waals surface area (Å²) in [4.78, 5) is 25.2. The number of rotatable bonds is 6. The van der Waals surface area contributed by atoms with Crippen molar-refractivity contribution in [2.24, 2.45) is 5.73 Å². The predicted octanol–water partition coefficient (Wildman–Crippen LogP) is 1.36. The number of carboxylic acid groups (broad SMARTS) is 1. The van der Waals surface area contributed by atoms with Gasteiger partial charge in [-0.25, -0.2) is 4.79 Å². The average Bonchev–Trinajstić information content (AvgIpc) is 2.79. The molecule has 1 unspecified atom stereocenters. The van der Waals surface area contributed by atoms with Gasteiger partial charge in [0.25, 0.3) is 0 Å². The third-order valence-corrected chi connectivity index (χ3v) is 3.92. The van der Waals surface area contributed by atoms with Gasteiger partial charge in [0.15, 0.2) is 0 Å². The number of nitrogens with zero attached hydrogens (tertiary/aromatic N) is 1. The van der Waals surface area contributed by atoms with Crippen LogP contribution in [0.25, 0.3) is 0 Å². The smallest absolute Gasteiger partial charge is 0.329 e. The molecular formula is C13H24N2O3. The molecule has 18 heavy (non-hydrogen) atoms. The standard InChI is InChI=1S/C13H24N2O3/c1-3-5-7-10(14)11(16)15-9-6-8-13(15,4-2)12(17)18/h10H,3-9,14H2,1-2H3,(H,17,18)/t10-,13?/m0/s1. The number of amides is 1. The minimum atomic E-state index is -1.03. The van der Waals surface area contributed by atoms with Gasteiger partial charge in [0.1, 0.15) is 5.54 Å². The number of carbonyl (C=O) groups excluding carboxylic acids is 1. The molecule has 5 nitrogen and oxygen atoms in total. The van der Waals surface area contributed by atoms with E-state index in [0.717, 1.165) is 19.3 Å². The quantitative estimate of drug-likeness (QED) is 0.751. The van der Waals surface area contributed by atoms with Crippen LogP contribution >= 0.6 is 0 Å². The molecule has 3 N–H and O–H groups in total. The largest absolute Gasteiger partial charge is 0.479 e. The van der Waals surface area contributed by atoms with E-state index in [1.165, 1.54) is 4.90 Å². The highest BCUT2D eigenvalue weighted by atomic mass is 16.4. The second-order valence-electron chi connectivity index (χ2n) is 5.03. The molecule has 1 aliphatic heterocycles. The zero-order chi connectivity index (χ0) is 13.8. The van der Waals surface area contributed by atoms with Gasteiger partial charge in [-0.1, -0.05) is 26.7 Å². The topological polar surface area (TPSA) is 83.6 Å². The Bertz CT molecular complexity index is 319. The van der Waals surface area contributed by atoms with Gasteiger partial charge < -0.3 is 15.7 Å². The lowest BCUT2D eigenvalue weighted by Gasteiger charge is -2.35. The van der Waals surface area contributed by atoms with Crippen LogP contribution in [0, 0.1) is 0 Å². The predicted molar refractivity (Wildman–Crippen MR) is 69.1 cm³/mol. The summed E-state index contributed by atoms with van der Waals surface area (Å²) in [7, 11) is 0. The van der Waals surface area contributed by atoms with E-state index in [0.29, 0.717) is 25.8 Å². The summed E-state index contributed by atoms with van der Waals surface area (Å²) in [6.45, 7) is 4.37. The molecule has 1 aliphatic rings. The molecule has 1 saturated heterocycles. The lowest BCUT2D eigenvalue weighted by atomic mass is 9.92. The first-order valence-corrected chi connectivity index (χ1v) is 6.80. The Hall–Kier alpha value is -1.10. The lowest BCUT2D eigenvalue weighted by molar-refractivity contribution is -0.157. The van der Waals surface area contributed by atoms with E-state index >= 15 is 0 Å². The van der Waals surface area contributed by atoms with Crippen molar-refractivity contribution in [1.29, 1.82) is 0 Å². The van der Waals surface area contributed by atoms with Crippen LogP contribution in [0.4, 0.5) is 0 Å². The Morgan fingerprint density at radius 1 is 1.44 bits per heavy atom. The molecule has 0 aliphatic carbocycles. The van der Waals surface area contributed by atoms with Crippen LogP contribution in [-0.2, 0) is 9.59 Å². The van der Waals surface area contributed by atoms with Gasteiger partial charge in [0, 0.05) is 6.54 Å². The molecule has 1 heterocycles. The molecule has 1 rings (SSSR count). The molecule has 0 aromatic carbocycles. The molecular weight excluding hydrogens is 232 g/mol. The summed E-state index contributed by atoms with van der Waals surface area (Å²) >= 11 is 0. The summed E-state index contributed by atoms with van der Waals surface area (Å²) in [5, 5.41) is 9.41. The molecule has 0 saturated carbocycles. The minimum absolute atomic E-state index is 0.204. The van der Waals surface area contributed by atoms with Gasteiger partial charge in [-0.05, 0) is 25.7 Å². The molecule has 1 amide bonds. The molecule has 0 aromatic heterocycles. The second-order valence-corrected chi connectivity index (χ2v) is 5.03. The number of hydrogen-bond acceptors (Lipinski definition) is 3. The van der Waals surface area contributed by atoms with Crippen molar-refractivity contribution in [2.45, 2.75) is 64.0 Å². The Morgan fingerprint density at radius 3 is 2.61 bits per heavy atom. The summed E-state index contributed by atoms with van der Waals surface area (Å²) in [5.41, 5.74) is 4.85. The van der Waals surface area contributed by atoms with Gasteiger partial charge in [0.2, 0.25) is 5.91 Å². The van der Waals surface area contributed by atoms with Gasteiger partial charge in [0.05, 0.1) is 6.04 Å². The van der Waals surface area contributed by atoms with Crippen molar-refractivity contribution in [3.8, 4) is 0 Å². The van der Waals surface area contributed by atoms with Crippen LogP contribution in [-0.4, -0.2) is 40.0 Å². The second kappa shape index (κ2) is 6.18. The molecule has 0 aromatic rings. The van der Waals surface area contributed by atoms with Gasteiger partial charge >= 0.3 is 5.97 Å². The maximum atomic E-state index is 12.3. The van der Waals surface area contributed by atoms with Crippen LogP contribution in [0.2, 0.25) is 0 Å². The number of hydrogen-bond donors (Lipinski definition) is 2. The molecule has 0 radical (unpaired) electrons. The zero-order valence-corrected chi connectivity index (χ0v) is 11.3. The van der Waals surface area contributed by atoms with Crippen molar-refractivity contribution in [2.75, 3.05) is 6.54 Å². The first-order chi connectivity index (χ1) is 8.49. The lowest BCUT2D eigenvalue weighted by Crippen LogP contribution is -2.56. The normalized spacial score (nSPS) is 25.2. The van der Waals surface area contributed by atoms with Crippen LogP contribution in [0.1, 0.15) is 52.4 Å². The summed E-state index contributed by atoms with van der Waals surface area (Å²) in [5.74, 6) is -1.11. The zero-order valence-electron chi connectivity index (χ0n) is 11.3. The van der Waals surface area contributed by atoms with Crippen molar-refractivity contribution in [3.05, 3.63) is 0 Å². The molecule has 0 bridgehead atoms. The number of carboxylic acids is 1. The molecule has 1 fully saturated rings. The number of likely N-dealkylation sites (tertiary alicyclic amines) is 1. The third kappa shape index (κ3) is 2.66. The van der Waals surface area contributed by atoms with Crippen LogP contribution in [0.15, 0.2) is 0 Å². The highest BCUT2D eigenvalue weighted by Gasteiger charge is 2.49. The maximum absolute atomic E-state index is 12.3. The van der Waals surface area contributed by atoms with E-state index < -0.39 is 17.6 Å². The van der Waals surface area contributed by atoms with Crippen LogP contribution in [0.3, 0.4) is 0 Å². The molecule has 2 atom stereocenters. The maximum Gasteiger partial charge on any atom is 0.329 e. The van der Waals surface area contributed by atoms with Crippen LogP contribution in [0.5, 0.6) is 0 Å². The molecule has 104 valence electrons. The van der Waals surface area contributed by atoms with Gasteiger partial charge in [-0.3, -0.25) is 4.79 Å². The van der Waals surface area contributed by atoms with E-state index in [1.54, 1.807) is 0 Å². The van der Waals surface area contributed by atoms with E-state index in [1.807, 2.05) is 13.8 Å². The molecule has 5 heteroatoms. The van der Waals surface area contributed by atoms with E-state index in [4.69, 9.17) is 5.73 Å². The van der Waals surface area contributed by atoms with Gasteiger partial charge in [-0.2, -0.15) is 0 Å². The minimum Gasteiger partial charge on any atom is -0.479 e. The first kappa shape index (κ1) is 15.0. The van der Waals surface area contributed by atoms with Crippen molar-refractivity contribution in [3.63, 3.8) is 0 Å². The van der Waals surface area contributed by atoms with Crippen molar-refractivity contribution >= 4 is 11.9 Å². The highest BCUT2D eigenvalue weighted by molar-refractivity contribution is 5.90. The summed E-state index contributed by atoms with van der Waals surface area (Å²) in [6, 6.07) is -0.562. The number of unbranched alkanes of at least 4 members (excludes halogenated alkanes) is 1. The summed E-state index contributed by atoms with van der Waals surface area (Å²) in [6.07, 6.45) is 4.23. The Labute approximate surface area is 108 Å². The first-order valence-electron chi connectivity index (χ1n) is 6.80. The number of aliphatic carboxylic acids is 1. The Balaban J connectivity index is 2.80. The molecule has 0 spiro atoms. The Kier molecular flexibility index (Phi) is 5.14. The van der Waals surface area contributed by atoms with Crippen molar-refractivity contribution in [1.82, 2.24) is 4.90 Å². The van der Waals surface area contributed by atoms with E-state index in [2.05, 4.69) is 0 Å². The van der Waals surface area contributed by atoms with Crippen LogP contribution < -0.4 is 5.73 Å². The van der Waals surface area contributed by atoms with Crippen molar-refractivity contribution < 1.29 is 14.7 Å². The van der Waals surface area contributed by atoms with Gasteiger partial charge in [-0.15, -0.1) is 0 Å². The summed E-state index contributed by atoms with van der Waals surface area (Å²) < 4.78 is 0. The highest BCUT2D eigenvalue weighted by Crippen LogP contribution is 2.33. The fourth-order valence-electron chi connectivity index (χ4n) is 2.69. The number of nitrogens with two attached hydrogens (primary N) is 1. The van der Waals surface area contributed by atoms with E-state index in [9.17, 15) is 14.7 Å². The third-order valence-electron chi connectivity index (χ3n) is 3.92.